The van der Waals surface area contributed by atoms with Crippen LogP contribution in [0, 0.1) is 6.54 Å². The van der Waals surface area contributed by atoms with Crippen LogP contribution in [-0.4, -0.2) is 6.54 Å². The van der Waals surface area contributed by atoms with Gasteiger partial charge in [-0.05, 0) is 13.3 Å². The largest absolute Gasteiger partial charge is 0.308 e. The van der Waals surface area contributed by atoms with Crippen LogP contribution in [0.25, 0.3) is 0 Å². The second kappa shape index (κ2) is 2.12. The Labute approximate surface area is 44.4 Å². The van der Waals surface area contributed by atoms with Crippen LogP contribution in [0.2, 0.25) is 0 Å². The van der Waals surface area contributed by atoms with Crippen molar-refractivity contribution in [2.75, 3.05) is 6.54 Å². The van der Waals surface area contributed by atoms with E-state index in [0.29, 0.717) is 0 Å². The molecule has 1 rings (SSSR count). The summed E-state index contributed by atoms with van der Waals surface area (Å²) in [5.41, 5.74) is 1.45. The summed E-state index contributed by atoms with van der Waals surface area (Å²) >= 11 is 0. The van der Waals surface area contributed by atoms with Crippen molar-refractivity contribution in [2.24, 2.45) is 0 Å². The minimum Gasteiger partial charge on any atom is -0.308 e. The predicted molar refractivity (Wildman–Crippen MR) is 30.7 cm³/mol. The van der Waals surface area contributed by atoms with Crippen molar-refractivity contribution in [3.8, 4) is 0 Å². The number of nitrogens with one attached hydrogen (secondary N) is 1. The minimum atomic E-state index is 1.04. The normalized spacial score (nSPS) is 21.6. The second-order valence-electron chi connectivity index (χ2n) is 1.87. The van der Waals surface area contributed by atoms with E-state index in [0.717, 1.165) is 13.0 Å². The molecule has 0 unspecified atom stereocenters. The molecule has 0 aliphatic carbocycles. The van der Waals surface area contributed by atoms with E-state index in [1.54, 1.807) is 0 Å². The van der Waals surface area contributed by atoms with Gasteiger partial charge in [-0.25, -0.2) is 0 Å². The van der Waals surface area contributed by atoms with Crippen LogP contribution < -0.4 is 5.32 Å². The van der Waals surface area contributed by atoms with Crippen molar-refractivity contribution in [2.45, 2.75) is 13.3 Å². The van der Waals surface area contributed by atoms with Gasteiger partial charge in [0.1, 0.15) is 0 Å². The lowest BCUT2D eigenvalue weighted by molar-refractivity contribution is 0.794. The molecule has 0 aromatic heterocycles. The van der Waals surface area contributed by atoms with E-state index in [1.807, 2.05) is 0 Å². The van der Waals surface area contributed by atoms with E-state index in [-0.39, 0.29) is 0 Å². The first-order valence-corrected chi connectivity index (χ1v) is 2.60. The summed E-state index contributed by atoms with van der Waals surface area (Å²) < 4.78 is 0. The van der Waals surface area contributed by atoms with E-state index in [2.05, 4.69) is 24.9 Å². The Morgan fingerprint density at radius 3 is 2.86 bits per heavy atom. The van der Waals surface area contributed by atoms with Gasteiger partial charge in [0.15, 0.2) is 0 Å². The molecular formula is C6H10N. The molecule has 0 fully saturated rings. The fourth-order valence-electron chi connectivity index (χ4n) is 0.649. The summed E-state index contributed by atoms with van der Waals surface area (Å²) in [5, 5.41) is 3.14. The second-order valence-corrected chi connectivity index (χ2v) is 1.87. The Balaban J connectivity index is 2.40. The molecule has 0 amide bonds. The molecule has 39 valence electrons. The highest BCUT2D eigenvalue weighted by atomic mass is 14.9. The van der Waals surface area contributed by atoms with Crippen molar-refractivity contribution in [3.05, 3.63) is 18.2 Å². The predicted octanol–water partition coefficient (Wildman–Crippen LogP) is 1.09. The minimum absolute atomic E-state index is 1.04. The van der Waals surface area contributed by atoms with Gasteiger partial charge >= 0.3 is 0 Å². The number of hydrogen-bond donors (Lipinski definition) is 1. The standard InChI is InChI=1S/C6H10N/c1-6-3-2-4-7-5-6/h3-4,7H,2,5H2,1H3. The lowest BCUT2D eigenvalue weighted by Gasteiger charge is -2.07. The highest BCUT2D eigenvalue weighted by molar-refractivity contribution is 5.06. The van der Waals surface area contributed by atoms with E-state index in [4.69, 9.17) is 0 Å². The lowest BCUT2D eigenvalue weighted by atomic mass is 10.2. The Morgan fingerprint density at radius 2 is 2.57 bits per heavy atom. The maximum absolute atomic E-state index is 3.14. The van der Waals surface area contributed by atoms with Crippen LogP contribution in [0.4, 0.5) is 0 Å². The number of hydrogen-bond acceptors (Lipinski definition) is 1. The average Bonchev–Trinajstić information content (AvgIpc) is 1.69. The van der Waals surface area contributed by atoms with Gasteiger partial charge in [-0.1, -0.05) is 11.6 Å². The smallest absolute Gasteiger partial charge is 0.0261 e. The summed E-state index contributed by atoms with van der Waals surface area (Å²) in [4.78, 5) is 0. The molecule has 1 nitrogen and oxygen atoms in total. The quantitative estimate of drug-likeness (QED) is 0.445. The first-order valence-electron chi connectivity index (χ1n) is 2.60. The van der Waals surface area contributed by atoms with Crippen molar-refractivity contribution >= 4 is 0 Å². The van der Waals surface area contributed by atoms with Crippen molar-refractivity contribution in [3.63, 3.8) is 0 Å². The third-order valence-electron chi connectivity index (χ3n) is 1.11. The molecule has 0 spiro atoms. The molecule has 0 aromatic rings. The molecule has 0 saturated heterocycles. The van der Waals surface area contributed by atoms with Crippen molar-refractivity contribution < 1.29 is 0 Å². The van der Waals surface area contributed by atoms with Gasteiger partial charge in [-0.2, -0.15) is 0 Å². The van der Waals surface area contributed by atoms with E-state index < -0.39 is 0 Å². The SMILES string of the molecule is CC1=CC[CH]NC1. The fourth-order valence-corrected chi connectivity index (χ4v) is 0.649. The zero-order chi connectivity index (χ0) is 5.11. The van der Waals surface area contributed by atoms with Gasteiger partial charge in [0.2, 0.25) is 0 Å². The van der Waals surface area contributed by atoms with Gasteiger partial charge < -0.3 is 5.32 Å². The van der Waals surface area contributed by atoms with Crippen LogP contribution in [0.1, 0.15) is 13.3 Å². The van der Waals surface area contributed by atoms with Gasteiger partial charge in [-0.3, -0.25) is 0 Å². The molecule has 1 heteroatoms. The van der Waals surface area contributed by atoms with Crippen molar-refractivity contribution in [1.82, 2.24) is 5.32 Å². The molecule has 7 heavy (non-hydrogen) atoms. The fraction of sp³-hybridized carbons (Fsp3) is 0.500. The van der Waals surface area contributed by atoms with Gasteiger partial charge in [0, 0.05) is 13.1 Å². The molecule has 1 heterocycles. The van der Waals surface area contributed by atoms with Crippen molar-refractivity contribution in [1.29, 1.82) is 0 Å². The summed E-state index contributed by atoms with van der Waals surface area (Å²) in [6.07, 6.45) is 3.32. The molecule has 0 saturated carbocycles. The summed E-state index contributed by atoms with van der Waals surface area (Å²) in [5.74, 6) is 0. The Kier molecular flexibility index (Phi) is 1.47. The van der Waals surface area contributed by atoms with Gasteiger partial charge in [0.25, 0.3) is 0 Å². The van der Waals surface area contributed by atoms with Gasteiger partial charge in [-0.15, -0.1) is 0 Å². The molecule has 1 N–H and O–H groups in total. The third-order valence-corrected chi connectivity index (χ3v) is 1.11. The van der Waals surface area contributed by atoms with Crippen LogP contribution in [0.3, 0.4) is 0 Å². The molecule has 1 aliphatic rings. The maximum Gasteiger partial charge on any atom is 0.0261 e. The average molecular weight is 96.2 g/mol. The Hall–Kier alpha value is -0.300. The highest BCUT2D eigenvalue weighted by Gasteiger charge is 1.93. The van der Waals surface area contributed by atoms with Crippen LogP contribution >= 0.6 is 0 Å². The monoisotopic (exact) mass is 96.1 g/mol. The first kappa shape index (κ1) is 4.85. The summed E-state index contributed by atoms with van der Waals surface area (Å²) in [6.45, 7) is 5.26. The Bertz CT molecular complexity index is 84.2. The molecule has 0 atom stereocenters. The van der Waals surface area contributed by atoms with Crippen LogP contribution in [0.15, 0.2) is 11.6 Å². The lowest BCUT2D eigenvalue weighted by Crippen LogP contribution is -2.15. The van der Waals surface area contributed by atoms with Crippen LogP contribution in [-0.2, 0) is 0 Å². The first-order chi connectivity index (χ1) is 3.39. The van der Waals surface area contributed by atoms with E-state index in [9.17, 15) is 0 Å². The summed E-state index contributed by atoms with van der Waals surface area (Å²) in [7, 11) is 0. The Morgan fingerprint density at radius 1 is 1.71 bits per heavy atom. The third kappa shape index (κ3) is 1.32. The van der Waals surface area contributed by atoms with Crippen LogP contribution in [0.5, 0.6) is 0 Å². The molecule has 1 radical (unpaired) electrons. The number of rotatable bonds is 0. The molecule has 1 aliphatic heterocycles. The molecule has 0 bridgehead atoms. The van der Waals surface area contributed by atoms with E-state index in [1.165, 1.54) is 5.57 Å². The summed E-state index contributed by atoms with van der Waals surface area (Å²) in [6, 6.07) is 0. The van der Waals surface area contributed by atoms with E-state index >= 15 is 0 Å². The zero-order valence-electron chi connectivity index (χ0n) is 4.57. The molecular weight excluding hydrogens is 86.1 g/mol. The van der Waals surface area contributed by atoms with Gasteiger partial charge in [0.05, 0.1) is 0 Å². The topological polar surface area (TPSA) is 12.0 Å². The maximum atomic E-state index is 3.14. The molecule has 0 aromatic carbocycles. The highest BCUT2D eigenvalue weighted by Crippen LogP contribution is 1.99. The zero-order valence-corrected chi connectivity index (χ0v) is 4.57.